The van der Waals surface area contributed by atoms with Gasteiger partial charge in [-0.2, -0.15) is 5.10 Å². The molecule has 0 fully saturated rings. The molecule has 2 aromatic heterocycles. The molecular weight excluding hydrogens is 559 g/mol. The molecule has 0 saturated heterocycles. The van der Waals surface area contributed by atoms with Gasteiger partial charge in [0.2, 0.25) is 0 Å². The molecule has 41 heavy (non-hydrogen) atoms. The van der Waals surface area contributed by atoms with Crippen LogP contribution in [0.15, 0.2) is 79.0 Å². The number of fused-ring (bicyclic) bond motifs is 1. The Bertz CT molecular complexity index is 1660. The van der Waals surface area contributed by atoms with E-state index in [1.807, 2.05) is 83.7 Å². The van der Waals surface area contributed by atoms with Crippen molar-refractivity contribution in [2.45, 2.75) is 38.6 Å². The van der Waals surface area contributed by atoms with E-state index in [-0.39, 0.29) is 12.3 Å². The van der Waals surface area contributed by atoms with Crippen molar-refractivity contribution in [3.63, 3.8) is 0 Å². The molecule has 0 bridgehead atoms. The number of nitrogens with one attached hydrogen (secondary N) is 2. The molecule has 3 N–H and O–H groups in total. The van der Waals surface area contributed by atoms with Gasteiger partial charge in [0.1, 0.15) is 5.69 Å². The summed E-state index contributed by atoms with van der Waals surface area (Å²) in [6, 6.07) is 23.2. The number of carbonyl (C=O) groups is 2. The Morgan fingerprint density at radius 2 is 1.63 bits per heavy atom. The molecule has 0 atom stereocenters. The summed E-state index contributed by atoms with van der Waals surface area (Å²) in [6.07, 6.45) is 5.05. The Labute approximate surface area is 248 Å². The van der Waals surface area contributed by atoms with Crippen LogP contribution in [0.4, 0.5) is 0 Å². The van der Waals surface area contributed by atoms with Crippen molar-refractivity contribution in [3.8, 4) is 22.4 Å². The number of carboxylic acids is 1. The molecule has 0 radical (unpaired) electrons. The Balaban J connectivity index is 1.53. The number of aromatic amines is 1. The van der Waals surface area contributed by atoms with E-state index in [0.29, 0.717) is 35.2 Å². The van der Waals surface area contributed by atoms with E-state index >= 15 is 0 Å². The van der Waals surface area contributed by atoms with Gasteiger partial charge < -0.3 is 15.4 Å². The molecule has 9 heteroatoms. The quantitative estimate of drug-likeness (QED) is 0.129. The lowest BCUT2D eigenvalue weighted by molar-refractivity contribution is -0.137. The lowest BCUT2D eigenvalue weighted by Crippen LogP contribution is -2.25. The molecule has 7 nitrogen and oxygen atoms in total. The highest BCUT2D eigenvalue weighted by molar-refractivity contribution is 6.31. The molecule has 5 aromatic rings. The van der Waals surface area contributed by atoms with Crippen molar-refractivity contribution in [1.82, 2.24) is 20.1 Å². The predicted octanol–water partition coefficient (Wildman–Crippen LogP) is 7.82. The number of benzene rings is 3. The number of halogens is 2. The molecule has 0 saturated carbocycles. The monoisotopic (exact) mass is 588 g/mol. The summed E-state index contributed by atoms with van der Waals surface area (Å²) in [7, 11) is 0. The highest BCUT2D eigenvalue weighted by atomic mass is 35.5. The van der Waals surface area contributed by atoms with E-state index in [1.54, 1.807) is 0 Å². The number of unbranched alkanes of at least 4 members (excludes halogenated alkanes) is 3. The minimum atomic E-state index is -0.782. The number of carboxylic acid groups (broad SMARTS) is 1. The van der Waals surface area contributed by atoms with Crippen LogP contribution in [0.1, 0.15) is 48.2 Å². The third-order valence-electron chi connectivity index (χ3n) is 7.00. The van der Waals surface area contributed by atoms with Gasteiger partial charge in [-0.05, 0) is 48.2 Å². The zero-order chi connectivity index (χ0) is 28.8. The van der Waals surface area contributed by atoms with Gasteiger partial charge in [-0.3, -0.25) is 14.3 Å². The second-order valence-corrected chi connectivity index (χ2v) is 10.8. The molecule has 0 aliphatic carbocycles. The first kappa shape index (κ1) is 28.5. The average Bonchev–Trinajstić information content (AvgIpc) is 3.54. The van der Waals surface area contributed by atoms with E-state index < -0.39 is 5.97 Å². The molecule has 3 aromatic carbocycles. The van der Waals surface area contributed by atoms with Crippen LogP contribution in [0, 0.1) is 0 Å². The van der Waals surface area contributed by atoms with Crippen molar-refractivity contribution < 1.29 is 14.7 Å². The number of rotatable bonds is 12. The van der Waals surface area contributed by atoms with Crippen molar-refractivity contribution >= 4 is 46.0 Å². The fourth-order valence-electron chi connectivity index (χ4n) is 4.99. The summed E-state index contributed by atoms with van der Waals surface area (Å²) in [5, 5.41) is 18.7. The summed E-state index contributed by atoms with van der Waals surface area (Å²) in [4.78, 5) is 27.7. The average molecular weight is 590 g/mol. The van der Waals surface area contributed by atoms with Crippen molar-refractivity contribution in [3.05, 3.63) is 100 Å². The standard InChI is InChI=1S/C32H30Cl2N4O3/c33-23-13-11-21(12-14-23)20-38-31(26(19-36-38)22-8-4-3-5-9-22)29-25-16-15-24(34)18-27(25)37-30(29)32(41)35-17-7-2-1-6-10-28(39)40/h3-5,8-9,11-16,18-19,37H,1-2,6-7,10,17,20H2,(H,35,41)(H,39,40). The Hall–Kier alpha value is -4.07. The molecule has 2 heterocycles. The van der Waals surface area contributed by atoms with Crippen LogP contribution in [0.5, 0.6) is 0 Å². The minimum Gasteiger partial charge on any atom is -0.481 e. The van der Waals surface area contributed by atoms with E-state index in [2.05, 4.69) is 10.3 Å². The lowest BCUT2D eigenvalue weighted by Gasteiger charge is -2.13. The molecule has 0 aliphatic heterocycles. The van der Waals surface area contributed by atoms with Gasteiger partial charge >= 0.3 is 5.97 Å². The normalized spacial score (nSPS) is 11.2. The van der Waals surface area contributed by atoms with E-state index in [4.69, 9.17) is 33.4 Å². The molecule has 0 aliphatic rings. The summed E-state index contributed by atoms with van der Waals surface area (Å²) in [5.74, 6) is -1.01. The first-order chi connectivity index (χ1) is 19.9. The fourth-order valence-corrected chi connectivity index (χ4v) is 5.29. The van der Waals surface area contributed by atoms with Crippen LogP contribution >= 0.6 is 23.2 Å². The minimum absolute atomic E-state index is 0.167. The van der Waals surface area contributed by atoms with Gasteiger partial charge in [0, 0.05) is 45.0 Å². The molecule has 5 rings (SSSR count). The SMILES string of the molecule is O=C(O)CCCCCCNC(=O)c1[nH]c2cc(Cl)ccc2c1-c1c(-c2ccccc2)cnn1Cc1ccc(Cl)cc1. The van der Waals surface area contributed by atoms with Crippen molar-refractivity contribution in [1.29, 1.82) is 0 Å². The molecule has 0 unspecified atom stereocenters. The zero-order valence-electron chi connectivity index (χ0n) is 22.4. The van der Waals surface area contributed by atoms with Gasteiger partial charge in [-0.15, -0.1) is 0 Å². The first-order valence-electron chi connectivity index (χ1n) is 13.6. The van der Waals surface area contributed by atoms with Gasteiger partial charge in [-0.1, -0.05) is 84.6 Å². The van der Waals surface area contributed by atoms with Gasteiger partial charge in [0.15, 0.2) is 0 Å². The first-order valence-corrected chi connectivity index (χ1v) is 14.3. The largest absolute Gasteiger partial charge is 0.481 e. The van der Waals surface area contributed by atoms with E-state index in [1.165, 1.54) is 0 Å². The number of hydrogen-bond acceptors (Lipinski definition) is 3. The van der Waals surface area contributed by atoms with Crippen LogP contribution in [0.2, 0.25) is 10.0 Å². The van der Waals surface area contributed by atoms with Gasteiger partial charge in [-0.25, -0.2) is 0 Å². The lowest BCUT2D eigenvalue weighted by atomic mass is 9.98. The van der Waals surface area contributed by atoms with Crippen LogP contribution in [0.3, 0.4) is 0 Å². The maximum absolute atomic E-state index is 13.7. The van der Waals surface area contributed by atoms with Gasteiger partial charge in [0.05, 0.1) is 18.4 Å². The van der Waals surface area contributed by atoms with Crippen LogP contribution in [-0.4, -0.2) is 38.3 Å². The second-order valence-electron chi connectivity index (χ2n) is 9.94. The fraction of sp³-hybridized carbons (Fsp3) is 0.219. The maximum Gasteiger partial charge on any atom is 0.303 e. The number of hydrogen-bond donors (Lipinski definition) is 3. The molecular formula is C32H30Cl2N4O3. The summed E-state index contributed by atoms with van der Waals surface area (Å²) < 4.78 is 1.92. The summed E-state index contributed by atoms with van der Waals surface area (Å²) >= 11 is 12.5. The predicted molar refractivity (Wildman–Crippen MR) is 164 cm³/mol. The number of aromatic nitrogens is 3. The molecule has 210 valence electrons. The number of nitrogens with zero attached hydrogens (tertiary/aromatic N) is 2. The Kier molecular flexibility index (Phi) is 9.07. The molecule has 1 amide bonds. The van der Waals surface area contributed by atoms with Gasteiger partial charge in [0.25, 0.3) is 5.91 Å². The number of H-pyrrole nitrogens is 1. The number of amides is 1. The third kappa shape index (κ3) is 6.81. The summed E-state index contributed by atoms with van der Waals surface area (Å²) in [6.45, 7) is 0.966. The van der Waals surface area contributed by atoms with Crippen LogP contribution in [0.25, 0.3) is 33.3 Å². The van der Waals surface area contributed by atoms with E-state index in [0.717, 1.165) is 58.1 Å². The third-order valence-corrected chi connectivity index (χ3v) is 7.48. The smallest absolute Gasteiger partial charge is 0.303 e. The number of aliphatic carboxylic acids is 1. The topological polar surface area (TPSA) is 100 Å². The van der Waals surface area contributed by atoms with Crippen molar-refractivity contribution in [2.75, 3.05) is 6.54 Å². The number of carbonyl (C=O) groups excluding carboxylic acids is 1. The van der Waals surface area contributed by atoms with Crippen LogP contribution < -0.4 is 5.32 Å². The van der Waals surface area contributed by atoms with Crippen molar-refractivity contribution in [2.24, 2.45) is 0 Å². The summed E-state index contributed by atoms with van der Waals surface area (Å²) in [5.41, 5.74) is 5.67. The second kappa shape index (κ2) is 13.1. The maximum atomic E-state index is 13.7. The Morgan fingerprint density at radius 3 is 2.39 bits per heavy atom. The zero-order valence-corrected chi connectivity index (χ0v) is 23.9. The van der Waals surface area contributed by atoms with E-state index in [9.17, 15) is 9.59 Å². The molecule has 0 spiro atoms. The van der Waals surface area contributed by atoms with Crippen LogP contribution in [-0.2, 0) is 11.3 Å². The highest BCUT2D eigenvalue weighted by Crippen LogP contribution is 2.40. The highest BCUT2D eigenvalue weighted by Gasteiger charge is 2.25. The Morgan fingerprint density at radius 1 is 0.902 bits per heavy atom.